The molecule has 0 amide bonds. The number of ether oxygens (including phenoxy) is 2. The monoisotopic (exact) mass is 664 g/mol. The number of nitrogens with zero attached hydrogens (tertiary/aromatic N) is 4. The lowest BCUT2D eigenvalue weighted by Crippen LogP contribution is -2.13. The van der Waals surface area contributed by atoms with Crippen LogP contribution in [0.4, 0.5) is 34.1 Å². The fourth-order valence-electron chi connectivity index (χ4n) is 4.05. The van der Waals surface area contributed by atoms with Gasteiger partial charge in [0.1, 0.15) is 22.9 Å². The van der Waals surface area contributed by atoms with E-state index in [0.29, 0.717) is 83.4 Å². The van der Waals surface area contributed by atoms with Gasteiger partial charge in [-0.15, -0.1) is 10.2 Å². The fraction of sp³-hybridized carbons (Fsp3) is 0.294. The molecule has 0 saturated carbocycles. The minimum atomic E-state index is 0.156. The van der Waals surface area contributed by atoms with Crippen molar-refractivity contribution in [1.82, 2.24) is 0 Å². The predicted octanol–water partition coefficient (Wildman–Crippen LogP) is 9.65. The van der Waals surface area contributed by atoms with Crippen LogP contribution in [0.3, 0.4) is 0 Å². The molecule has 0 atom stereocenters. The highest BCUT2D eigenvalue weighted by Crippen LogP contribution is 2.32. The summed E-state index contributed by atoms with van der Waals surface area (Å²) in [5.41, 5.74) is 4.47. The lowest BCUT2D eigenvalue weighted by molar-refractivity contribution is 0.253. The van der Waals surface area contributed by atoms with Crippen molar-refractivity contribution in [1.29, 1.82) is 0 Å². The molecule has 0 saturated heterocycles. The molecular formula is C34H38Cl2N6O4. The van der Waals surface area contributed by atoms with E-state index in [-0.39, 0.29) is 13.2 Å². The average Bonchev–Trinajstić information content (AvgIpc) is 3.07. The van der Waals surface area contributed by atoms with Gasteiger partial charge in [0.2, 0.25) is 0 Å². The second kappa shape index (κ2) is 19.3. The Labute approximate surface area is 279 Å². The second-order valence-electron chi connectivity index (χ2n) is 10.1. The van der Waals surface area contributed by atoms with Crippen LogP contribution < -0.4 is 20.1 Å². The van der Waals surface area contributed by atoms with Crippen LogP contribution in [0.5, 0.6) is 11.5 Å². The molecule has 0 fully saturated rings. The van der Waals surface area contributed by atoms with Gasteiger partial charge in [-0.3, -0.25) is 0 Å². The minimum Gasteiger partial charge on any atom is -0.494 e. The lowest BCUT2D eigenvalue weighted by atomic mass is 10.2. The molecule has 0 unspecified atom stereocenters. The molecule has 46 heavy (non-hydrogen) atoms. The fourth-order valence-corrected chi connectivity index (χ4v) is 4.47. The SMILES string of the molecule is OCCCCOc1ccc(N=Nc2ccc(NCCNc3ccc(N=Nc4ccc(OCCCCO)cc4Cl)cc3)cc2)c(Cl)c1. The predicted molar refractivity (Wildman–Crippen MR) is 185 cm³/mol. The maximum atomic E-state index is 8.86. The first-order chi connectivity index (χ1) is 22.5. The van der Waals surface area contributed by atoms with E-state index in [2.05, 4.69) is 31.1 Å². The normalized spacial score (nSPS) is 11.3. The maximum Gasteiger partial charge on any atom is 0.120 e. The van der Waals surface area contributed by atoms with Gasteiger partial charge in [0.05, 0.1) is 34.6 Å². The maximum absolute atomic E-state index is 8.86. The van der Waals surface area contributed by atoms with E-state index in [9.17, 15) is 0 Å². The Morgan fingerprint density at radius 3 is 1.30 bits per heavy atom. The molecule has 4 rings (SSSR count). The number of halogens is 2. The Balaban J connectivity index is 1.17. The summed E-state index contributed by atoms with van der Waals surface area (Å²) in [6.07, 6.45) is 2.96. The van der Waals surface area contributed by atoms with Crippen molar-refractivity contribution in [2.75, 3.05) is 50.2 Å². The molecule has 0 heterocycles. The van der Waals surface area contributed by atoms with Crippen LogP contribution in [0.1, 0.15) is 25.7 Å². The number of benzene rings is 4. The zero-order valence-corrected chi connectivity index (χ0v) is 26.9. The molecule has 0 aliphatic carbocycles. The van der Waals surface area contributed by atoms with Crippen LogP contribution in [-0.2, 0) is 0 Å². The average molecular weight is 666 g/mol. The lowest BCUT2D eigenvalue weighted by Gasteiger charge is -2.09. The first-order valence-electron chi connectivity index (χ1n) is 15.1. The Bertz CT molecular complexity index is 1440. The van der Waals surface area contributed by atoms with Gasteiger partial charge in [0, 0.05) is 49.8 Å². The molecule has 242 valence electrons. The summed E-state index contributed by atoms with van der Waals surface area (Å²) in [5, 5.41) is 42.5. The molecule has 0 radical (unpaired) electrons. The molecule has 4 N–H and O–H groups in total. The summed E-state index contributed by atoms with van der Waals surface area (Å²) in [6.45, 7) is 2.78. The van der Waals surface area contributed by atoms with E-state index in [1.807, 2.05) is 48.5 Å². The quantitative estimate of drug-likeness (QED) is 0.0582. The van der Waals surface area contributed by atoms with Crippen LogP contribution in [-0.4, -0.2) is 49.7 Å². The standard InChI is InChI=1S/C34H38Cl2N6O4/c35-31-23-29(45-21-3-1-19-43)13-15-33(31)41-39-27-9-5-25(6-10-27)37-17-18-38-26-7-11-28(12-8-26)40-42-34-16-14-30(24-32(34)36)46-22-4-2-20-44/h5-16,23-24,37-38,43-44H,1-4,17-22H2. The summed E-state index contributed by atoms with van der Waals surface area (Å²) in [4.78, 5) is 0. The molecule has 10 nitrogen and oxygen atoms in total. The summed E-state index contributed by atoms with van der Waals surface area (Å²) in [5.74, 6) is 1.32. The highest BCUT2D eigenvalue weighted by atomic mass is 35.5. The topological polar surface area (TPSA) is 132 Å². The van der Waals surface area contributed by atoms with Gasteiger partial charge in [0.15, 0.2) is 0 Å². The van der Waals surface area contributed by atoms with Crippen molar-refractivity contribution >= 4 is 57.3 Å². The number of azo groups is 2. The summed E-state index contributed by atoms with van der Waals surface area (Å²) in [6, 6.07) is 25.9. The molecule has 4 aromatic carbocycles. The molecule has 12 heteroatoms. The van der Waals surface area contributed by atoms with Gasteiger partial charge in [-0.05, 0) is 98.5 Å². The van der Waals surface area contributed by atoms with Crippen LogP contribution >= 0.6 is 23.2 Å². The highest BCUT2D eigenvalue weighted by molar-refractivity contribution is 6.33. The van der Waals surface area contributed by atoms with Crippen molar-refractivity contribution in [2.45, 2.75) is 25.7 Å². The van der Waals surface area contributed by atoms with E-state index >= 15 is 0 Å². The molecular weight excluding hydrogens is 627 g/mol. The van der Waals surface area contributed by atoms with Gasteiger partial charge >= 0.3 is 0 Å². The number of aliphatic hydroxyl groups is 2. The van der Waals surface area contributed by atoms with Gasteiger partial charge in [0.25, 0.3) is 0 Å². The van der Waals surface area contributed by atoms with E-state index in [4.69, 9.17) is 42.9 Å². The van der Waals surface area contributed by atoms with E-state index in [1.54, 1.807) is 36.4 Å². The highest BCUT2D eigenvalue weighted by Gasteiger charge is 2.04. The first-order valence-corrected chi connectivity index (χ1v) is 15.9. The van der Waals surface area contributed by atoms with Crippen molar-refractivity contribution in [3.63, 3.8) is 0 Å². The van der Waals surface area contributed by atoms with Gasteiger partial charge in [-0.2, -0.15) is 10.2 Å². The van der Waals surface area contributed by atoms with Gasteiger partial charge in [-0.1, -0.05) is 23.2 Å². The third kappa shape index (κ3) is 11.9. The zero-order valence-electron chi connectivity index (χ0n) is 25.4. The van der Waals surface area contributed by atoms with Gasteiger partial charge < -0.3 is 30.3 Å². The molecule has 0 aliphatic heterocycles. The Morgan fingerprint density at radius 2 is 0.935 bits per heavy atom. The zero-order chi connectivity index (χ0) is 32.4. The number of unbranched alkanes of at least 4 members (excludes halogenated alkanes) is 2. The largest absolute Gasteiger partial charge is 0.494 e. The molecule has 0 aromatic heterocycles. The molecule has 4 aromatic rings. The third-order valence-corrected chi connectivity index (χ3v) is 7.15. The van der Waals surface area contributed by atoms with E-state index < -0.39 is 0 Å². The Kier molecular flexibility index (Phi) is 14.6. The summed E-state index contributed by atoms with van der Waals surface area (Å²) >= 11 is 12.7. The van der Waals surface area contributed by atoms with Crippen LogP contribution in [0.15, 0.2) is 105 Å². The number of hydrogen-bond donors (Lipinski definition) is 4. The van der Waals surface area contributed by atoms with E-state index in [1.165, 1.54) is 0 Å². The Morgan fingerprint density at radius 1 is 0.522 bits per heavy atom. The van der Waals surface area contributed by atoms with Crippen LogP contribution in [0, 0.1) is 0 Å². The number of anilines is 2. The van der Waals surface area contributed by atoms with Crippen LogP contribution in [0.25, 0.3) is 0 Å². The first kappa shape index (κ1) is 34.6. The molecule has 0 spiro atoms. The van der Waals surface area contributed by atoms with Gasteiger partial charge in [-0.25, -0.2) is 0 Å². The van der Waals surface area contributed by atoms with Crippen molar-refractivity contribution in [3.05, 3.63) is 95.0 Å². The summed E-state index contributed by atoms with van der Waals surface area (Å²) in [7, 11) is 0. The number of nitrogens with one attached hydrogen (secondary N) is 2. The molecule has 0 bridgehead atoms. The van der Waals surface area contributed by atoms with Crippen molar-refractivity contribution in [3.8, 4) is 11.5 Å². The minimum absolute atomic E-state index is 0.156. The second-order valence-corrected chi connectivity index (χ2v) is 10.9. The van der Waals surface area contributed by atoms with Crippen molar-refractivity contribution in [2.24, 2.45) is 20.5 Å². The van der Waals surface area contributed by atoms with Crippen LogP contribution in [0.2, 0.25) is 10.0 Å². The number of rotatable bonds is 19. The summed E-state index contributed by atoms with van der Waals surface area (Å²) < 4.78 is 11.3. The van der Waals surface area contributed by atoms with Crippen molar-refractivity contribution < 1.29 is 19.7 Å². The number of hydrogen-bond acceptors (Lipinski definition) is 10. The third-order valence-electron chi connectivity index (χ3n) is 6.54. The van der Waals surface area contributed by atoms with E-state index in [0.717, 1.165) is 24.2 Å². The molecule has 0 aliphatic rings. The number of aliphatic hydroxyl groups excluding tert-OH is 2. The Hall–Kier alpha value is -4.22. The smallest absolute Gasteiger partial charge is 0.120 e.